The lowest BCUT2D eigenvalue weighted by atomic mass is 10.2. The van der Waals surface area contributed by atoms with Crippen LogP contribution in [0.1, 0.15) is 19.3 Å². The molecule has 0 bridgehead atoms. The average molecular weight is 300 g/mol. The lowest BCUT2D eigenvalue weighted by Crippen LogP contribution is -2.22. The predicted molar refractivity (Wildman–Crippen MR) is 76.6 cm³/mol. The molecule has 0 saturated heterocycles. The van der Waals surface area contributed by atoms with Crippen molar-refractivity contribution in [3.63, 3.8) is 0 Å². The lowest BCUT2D eigenvalue weighted by Gasteiger charge is -2.11. The first-order chi connectivity index (χ1) is 9.34. The van der Waals surface area contributed by atoms with Crippen LogP contribution in [-0.4, -0.2) is 44.3 Å². The van der Waals surface area contributed by atoms with E-state index < -0.39 is 10.0 Å². The quantitative estimate of drug-likeness (QED) is 0.676. The maximum atomic E-state index is 11.8. The molecule has 20 heavy (non-hydrogen) atoms. The highest BCUT2D eigenvalue weighted by molar-refractivity contribution is 7.89. The predicted octanol–water partition coefficient (Wildman–Crippen LogP) is 0.399. The minimum absolute atomic E-state index is 0.154. The van der Waals surface area contributed by atoms with Crippen molar-refractivity contribution in [3.05, 3.63) is 18.3 Å². The summed E-state index contributed by atoms with van der Waals surface area (Å²) < 4.78 is 24.8. The van der Waals surface area contributed by atoms with E-state index in [0.29, 0.717) is 18.8 Å². The van der Waals surface area contributed by atoms with Crippen molar-refractivity contribution in [3.8, 4) is 0 Å². The molecule has 0 unspecified atom stereocenters. The number of hydrogen-bond donors (Lipinski definition) is 2. The summed E-state index contributed by atoms with van der Waals surface area (Å²) in [5.74, 6) is 0.295. The first-order valence-corrected chi connectivity index (χ1v) is 7.69. The van der Waals surface area contributed by atoms with E-state index in [1.807, 2.05) is 0 Å². The van der Waals surface area contributed by atoms with Gasteiger partial charge in [-0.25, -0.2) is 17.7 Å². The zero-order valence-corrected chi connectivity index (χ0v) is 12.5. The van der Waals surface area contributed by atoms with E-state index in [0.717, 1.165) is 17.1 Å². The van der Waals surface area contributed by atoms with Crippen molar-refractivity contribution in [2.75, 3.05) is 26.0 Å². The summed E-state index contributed by atoms with van der Waals surface area (Å²) in [6.45, 7) is 0.653. The number of pyridine rings is 1. The van der Waals surface area contributed by atoms with Gasteiger partial charge < -0.3 is 11.1 Å². The van der Waals surface area contributed by atoms with Crippen LogP contribution >= 0.6 is 0 Å². The van der Waals surface area contributed by atoms with Gasteiger partial charge in [-0.1, -0.05) is 0 Å². The van der Waals surface area contributed by atoms with Crippen LogP contribution in [0, 0.1) is 0 Å². The van der Waals surface area contributed by atoms with Gasteiger partial charge in [0.05, 0.1) is 0 Å². The molecule has 0 fully saturated rings. The molecule has 112 valence electrons. The maximum absolute atomic E-state index is 11.8. The third kappa shape index (κ3) is 4.78. The van der Waals surface area contributed by atoms with Gasteiger partial charge in [-0.15, -0.1) is 0 Å². The maximum Gasteiger partial charge on any atom is 0.244 e. The van der Waals surface area contributed by atoms with Crippen molar-refractivity contribution >= 4 is 21.7 Å². The molecule has 0 atom stereocenters. The number of carbonyl (C=O) groups excluding carboxylic acids is 1. The van der Waals surface area contributed by atoms with Crippen LogP contribution in [0.2, 0.25) is 0 Å². The van der Waals surface area contributed by atoms with E-state index in [1.54, 1.807) is 6.07 Å². The molecule has 0 aliphatic carbocycles. The number of anilines is 1. The minimum atomic E-state index is -3.44. The molecular formula is C12H20N4O3S. The second-order valence-corrected chi connectivity index (χ2v) is 6.67. The molecule has 1 rings (SSSR count). The smallest absolute Gasteiger partial charge is 0.244 e. The second kappa shape index (κ2) is 7.20. The van der Waals surface area contributed by atoms with E-state index in [2.05, 4.69) is 10.3 Å². The van der Waals surface area contributed by atoms with Crippen LogP contribution < -0.4 is 11.1 Å². The molecule has 8 heteroatoms. The van der Waals surface area contributed by atoms with Gasteiger partial charge in [-0.3, -0.25) is 4.79 Å². The molecule has 7 nitrogen and oxygen atoms in total. The number of nitrogens with one attached hydrogen (secondary N) is 1. The van der Waals surface area contributed by atoms with Crippen LogP contribution in [0.4, 0.5) is 5.82 Å². The van der Waals surface area contributed by atoms with E-state index >= 15 is 0 Å². The Bertz CT molecular complexity index is 540. The zero-order chi connectivity index (χ0) is 15.2. The Labute approximate surface area is 119 Å². The van der Waals surface area contributed by atoms with Gasteiger partial charge in [-0.2, -0.15) is 0 Å². The number of rotatable bonds is 8. The summed E-state index contributed by atoms with van der Waals surface area (Å²) >= 11 is 0. The third-order valence-electron chi connectivity index (χ3n) is 2.67. The Hall–Kier alpha value is -1.67. The highest BCUT2D eigenvalue weighted by atomic mass is 32.2. The largest absolute Gasteiger partial charge is 0.370 e. The van der Waals surface area contributed by atoms with Crippen molar-refractivity contribution in [1.29, 1.82) is 0 Å². The fraction of sp³-hybridized carbons (Fsp3) is 0.500. The Morgan fingerprint density at radius 3 is 2.55 bits per heavy atom. The van der Waals surface area contributed by atoms with Gasteiger partial charge in [0.1, 0.15) is 10.7 Å². The molecule has 0 aromatic carbocycles. The number of nitrogens with two attached hydrogens (primary N) is 1. The normalized spacial score (nSPS) is 11.6. The van der Waals surface area contributed by atoms with E-state index in [4.69, 9.17) is 5.73 Å². The Morgan fingerprint density at radius 2 is 2.05 bits per heavy atom. The number of primary amides is 1. The fourth-order valence-corrected chi connectivity index (χ4v) is 2.34. The topological polar surface area (TPSA) is 105 Å². The summed E-state index contributed by atoms with van der Waals surface area (Å²) in [6.07, 6.45) is 3.20. The monoisotopic (exact) mass is 300 g/mol. The molecule has 1 aromatic heterocycles. The Morgan fingerprint density at radius 1 is 1.35 bits per heavy atom. The van der Waals surface area contributed by atoms with Crippen molar-refractivity contribution in [1.82, 2.24) is 9.29 Å². The molecular weight excluding hydrogens is 280 g/mol. The average Bonchev–Trinajstić information content (AvgIpc) is 2.38. The summed E-state index contributed by atoms with van der Waals surface area (Å²) in [5.41, 5.74) is 5.04. The number of unbranched alkanes of at least 4 members (excludes halogenated alkanes) is 1. The lowest BCUT2D eigenvalue weighted by molar-refractivity contribution is -0.118. The third-order valence-corrected chi connectivity index (χ3v) is 4.47. The van der Waals surface area contributed by atoms with E-state index in [9.17, 15) is 13.2 Å². The molecule has 1 aromatic rings. The summed E-state index contributed by atoms with van der Waals surface area (Å²) in [5, 5.41) is 3.05. The fourth-order valence-electron chi connectivity index (χ4n) is 1.49. The Kier molecular flexibility index (Phi) is 5.90. The van der Waals surface area contributed by atoms with E-state index in [-0.39, 0.29) is 10.8 Å². The van der Waals surface area contributed by atoms with Crippen LogP contribution in [0.25, 0.3) is 0 Å². The highest BCUT2D eigenvalue weighted by Crippen LogP contribution is 2.13. The molecule has 0 saturated carbocycles. The van der Waals surface area contributed by atoms with Gasteiger partial charge in [0, 0.05) is 33.3 Å². The molecule has 0 aliphatic rings. The number of hydrogen-bond acceptors (Lipinski definition) is 5. The first kappa shape index (κ1) is 16.4. The van der Waals surface area contributed by atoms with Crippen LogP contribution in [0.15, 0.2) is 23.2 Å². The number of sulfonamides is 1. The molecule has 1 heterocycles. The Balaban J connectivity index is 2.49. The van der Waals surface area contributed by atoms with Gasteiger partial charge >= 0.3 is 0 Å². The van der Waals surface area contributed by atoms with Crippen LogP contribution in [0.5, 0.6) is 0 Å². The van der Waals surface area contributed by atoms with Gasteiger partial charge in [0.25, 0.3) is 0 Å². The summed E-state index contributed by atoms with van der Waals surface area (Å²) in [6, 6.07) is 3.12. The standard InChI is InChI=1S/C12H20N4O3S/c1-16(2)20(18,19)10-6-7-12(15-9-10)14-8-4-3-5-11(13)17/h6-7,9H,3-5,8H2,1-2H3,(H2,13,17)(H,14,15). The first-order valence-electron chi connectivity index (χ1n) is 6.25. The van der Waals surface area contributed by atoms with Crippen molar-refractivity contribution in [2.24, 2.45) is 5.73 Å². The van der Waals surface area contributed by atoms with Gasteiger partial charge in [0.2, 0.25) is 15.9 Å². The number of carbonyl (C=O) groups is 1. The van der Waals surface area contributed by atoms with Crippen molar-refractivity contribution < 1.29 is 13.2 Å². The number of amides is 1. The highest BCUT2D eigenvalue weighted by Gasteiger charge is 2.17. The minimum Gasteiger partial charge on any atom is -0.370 e. The summed E-state index contributed by atoms with van der Waals surface area (Å²) in [4.78, 5) is 14.8. The SMILES string of the molecule is CN(C)S(=O)(=O)c1ccc(NCCCCC(N)=O)nc1. The van der Waals surface area contributed by atoms with Crippen molar-refractivity contribution in [2.45, 2.75) is 24.2 Å². The molecule has 1 amide bonds. The van der Waals surface area contributed by atoms with Crippen LogP contribution in [0.3, 0.4) is 0 Å². The second-order valence-electron chi connectivity index (χ2n) is 4.52. The van der Waals surface area contributed by atoms with Crippen LogP contribution in [-0.2, 0) is 14.8 Å². The molecule has 0 spiro atoms. The van der Waals surface area contributed by atoms with E-state index in [1.165, 1.54) is 26.4 Å². The molecule has 0 aliphatic heterocycles. The number of nitrogens with zero attached hydrogens (tertiary/aromatic N) is 2. The molecule has 3 N–H and O–H groups in total. The van der Waals surface area contributed by atoms with Gasteiger partial charge in [0.15, 0.2) is 0 Å². The summed E-state index contributed by atoms with van der Waals surface area (Å²) in [7, 11) is -0.496. The number of aromatic nitrogens is 1. The van der Waals surface area contributed by atoms with Gasteiger partial charge in [-0.05, 0) is 25.0 Å². The molecule has 0 radical (unpaired) electrons. The zero-order valence-electron chi connectivity index (χ0n) is 11.7.